The van der Waals surface area contributed by atoms with Crippen LogP contribution in [0.3, 0.4) is 0 Å². The number of nitrogens with zero attached hydrogens (tertiary/aromatic N) is 3. The lowest BCUT2D eigenvalue weighted by Crippen LogP contribution is -2.38. The molecule has 124 valence electrons. The van der Waals surface area contributed by atoms with Crippen LogP contribution in [0.4, 0.5) is 4.79 Å². The number of imide groups is 1. The molecule has 0 atom stereocenters. The van der Waals surface area contributed by atoms with E-state index in [1.807, 2.05) is 0 Å². The minimum atomic E-state index is -0.983. The quantitative estimate of drug-likeness (QED) is 0.847. The first-order valence-corrected chi connectivity index (χ1v) is 8.09. The molecule has 2 heterocycles. The molecule has 1 aromatic carbocycles. The van der Waals surface area contributed by atoms with Gasteiger partial charge in [-0.25, -0.2) is 9.69 Å². The first kappa shape index (κ1) is 15.1. The van der Waals surface area contributed by atoms with Gasteiger partial charge < -0.3 is 9.15 Å². The van der Waals surface area contributed by atoms with Crippen molar-refractivity contribution in [2.45, 2.75) is 37.8 Å². The van der Waals surface area contributed by atoms with Crippen molar-refractivity contribution in [3.05, 3.63) is 35.2 Å². The number of ether oxygens (including phenoxy) is 1. The molecule has 0 bridgehead atoms. The molecule has 1 aliphatic heterocycles. The van der Waals surface area contributed by atoms with Crippen molar-refractivity contribution in [1.29, 1.82) is 0 Å². The maximum Gasteiger partial charge on any atom is 0.418 e. The summed E-state index contributed by atoms with van der Waals surface area (Å²) in [5.74, 6) is 0.0824. The molecule has 0 unspecified atom stereocenters. The molecule has 1 aliphatic carbocycles. The summed E-state index contributed by atoms with van der Waals surface area (Å²) in [6.07, 6.45) is 2.25. The highest BCUT2D eigenvalue weighted by Crippen LogP contribution is 2.40. The average Bonchev–Trinajstić information content (AvgIpc) is 3.26. The minimum absolute atomic E-state index is 0.100. The second-order valence-corrected chi connectivity index (χ2v) is 6.35. The first-order valence-electron chi connectivity index (χ1n) is 7.71. The number of hydrogen-bond acceptors (Lipinski definition) is 6. The monoisotopic (exact) mass is 347 g/mol. The number of hydrogen-bond donors (Lipinski definition) is 0. The summed E-state index contributed by atoms with van der Waals surface area (Å²) in [6, 6.07) is 7.06. The third-order valence-electron chi connectivity index (χ3n) is 4.41. The van der Waals surface area contributed by atoms with Crippen LogP contribution in [0.1, 0.15) is 31.6 Å². The van der Waals surface area contributed by atoms with E-state index in [1.54, 1.807) is 24.3 Å². The average molecular weight is 348 g/mol. The number of halogens is 1. The Bertz CT molecular complexity index is 813. The van der Waals surface area contributed by atoms with Crippen molar-refractivity contribution in [3.8, 4) is 11.5 Å². The zero-order chi connectivity index (χ0) is 16.7. The van der Waals surface area contributed by atoms with E-state index in [-0.39, 0.29) is 24.2 Å². The van der Waals surface area contributed by atoms with Crippen LogP contribution in [0, 0.1) is 0 Å². The Labute approximate surface area is 142 Å². The molecule has 8 heteroatoms. The van der Waals surface area contributed by atoms with Gasteiger partial charge in [0.2, 0.25) is 11.8 Å². The molecule has 1 spiro atoms. The van der Waals surface area contributed by atoms with E-state index < -0.39 is 11.7 Å². The van der Waals surface area contributed by atoms with Crippen LogP contribution < -0.4 is 0 Å². The van der Waals surface area contributed by atoms with E-state index >= 15 is 0 Å². The smallest absolute Gasteiger partial charge is 0.418 e. The highest BCUT2D eigenvalue weighted by molar-refractivity contribution is 6.33. The Hall–Kier alpha value is -2.41. The van der Waals surface area contributed by atoms with Crippen LogP contribution >= 0.6 is 11.6 Å². The third kappa shape index (κ3) is 2.36. The van der Waals surface area contributed by atoms with Crippen molar-refractivity contribution in [2.24, 2.45) is 0 Å². The summed E-state index contributed by atoms with van der Waals surface area (Å²) >= 11 is 6.10. The molecular formula is C16H14ClN3O4. The third-order valence-corrected chi connectivity index (χ3v) is 4.74. The maximum absolute atomic E-state index is 12.5. The van der Waals surface area contributed by atoms with Gasteiger partial charge in [0.25, 0.3) is 5.91 Å². The summed E-state index contributed by atoms with van der Waals surface area (Å²) in [7, 11) is 0. The van der Waals surface area contributed by atoms with E-state index in [2.05, 4.69) is 10.2 Å². The molecule has 7 nitrogen and oxygen atoms in total. The van der Waals surface area contributed by atoms with Crippen LogP contribution in [0.5, 0.6) is 0 Å². The number of carbonyl (C=O) groups is 2. The Morgan fingerprint density at radius 2 is 1.92 bits per heavy atom. The van der Waals surface area contributed by atoms with Crippen molar-refractivity contribution in [3.63, 3.8) is 0 Å². The van der Waals surface area contributed by atoms with Gasteiger partial charge in [-0.05, 0) is 37.8 Å². The highest BCUT2D eigenvalue weighted by atomic mass is 35.5. The molecule has 0 N–H and O–H groups in total. The van der Waals surface area contributed by atoms with Gasteiger partial charge in [0.1, 0.15) is 6.54 Å². The summed E-state index contributed by atoms with van der Waals surface area (Å²) in [5.41, 5.74) is -0.386. The van der Waals surface area contributed by atoms with Gasteiger partial charge >= 0.3 is 6.09 Å². The zero-order valence-electron chi connectivity index (χ0n) is 12.7. The largest absolute Gasteiger partial charge is 0.432 e. The molecule has 2 aliphatic rings. The lowest BCUT2D eigenvalue weighted by atomic mass is 10.0. The molecule has 2 fully saturated rings. The lowest BCUT2D eigenvalue weighted by molar-refractivity contribution is -0.137. The second kappa shape index (κ2) is 5.59. The maximum atomic E-state index is 12.5. The number of benzene rings is 1. The molecule has 0 radical (unpaired) electrons. The molecular weight excluding hydrogens is 334 g/mol. The number of carbonyl (C=O) groups excluding carboxylic acids is 2. The molecule has 24 heavy (non-hydrogen) atoms. The predicted octanol–water partition coefficient (Wildman–Crippen LogP) is 3.18. The zero-order valence-corrected chi connectivity index (χ0v) is 13.5. The van der Waals surface area contributed by atoms with E-state index in [0.717, 1.165) is 17.7 Å². The van der Waals surface area contributed by atoms with Gasteiger partial charge in [-0.2, -0.15) is 0 Å². The fourth-order valence-corrected chi connectivity index (χ4v) is 3.41. The Kier molecular flexibility index (Phi) is 3.53. The van der Waals surface area contributed by atoms with Crippen LogP contribution in [-0.4, -0.2) is 32.7 Å². The number of rotatable bonds is 3. The highest BCUT2D eigenvalue weighted by Gasteiger charge is 2.55. The molecule has 1 saturated carbocycles. The number of aromatic nitrogens is 2. The van der Waals surface area contributed by atoms with Crippen molar-refractivity contribution < 1.29 is 18.7 Å². The predicted molar refractivity (Wildman–Crippen MR) is 83.0 cm³/mol. The molecule has 1 saturated heterocycles. The van der Waals surface area contributed by atoms with Crippen LogP contribution in [0.15, 0.2) is 28.7 Å². The molecule has 4 rings (SSSR count). The van der Waals surface area contributed by atoms with Crippen molar-refractivity contribution in [1.82, 2.24) is 15.1 Å². The minimum Gasteiger partial charge on any atom is -0.432 e. The fraction of sp³-hybridized carbons (Fsp3) is 0.375. The Morgan fingerprint density at radius 3 is 2.67 bits per heavy atom. The van der Waals surface area contributed by atoms with Gasteiger partial charge in [0.15, 0.2) is 5.60 Å². The fourth-order valence-electron chi connectivity index (χ4n) is 3.19. The Morgan fingerprint density at radius 1 is 1.17 bits per heavy atom. The standard InChI is InChI=1S/C16H14ClN3O4/c17-11-6-2-1-5-10(11)13-19-18-12(23-13)9-20-14(21)16(24-15(20)22)7-3-4-8-16/h1-2,5-6H,3-4,7-9H2. The van der Waals surface area contributed by atoms with Crippen LogP contribution in [-0.2, 0) is 16.1 Å². The lowest BCUT2D eigenvalue weighted by Gasteiger charge is -2.17. The summed E-state index contributed by atoms with van der Waals surface area (Å²) in [6.45, 7) is -0.100. The van der Waals surface area contributed by atoms with E-state index in [1.165, 1.54) is 0 Å². The first-order chi connectivity index (χ1) is 11.6. The van der Waals surface area contributed by atoms with Crippen molar-refractivity contribution >= 4 is 23.6 Å². The SMILES string of the molecule is O=C1OC2(CCCC2)C(=O)N1Cc1nnc(-c2ccccc2Cl)o1. The van der Waals surface area contributed by atoms with Gasteiger partial charge in [-0.3, -0.25) is 4.79 Å². The van der Waals surface area contributed by atoms with Crippen LogP contribution in [0.25, 0.3) is 11.5 Å². The summed E-state index contributed by atoms with van der Waals surface area (Å²) in [4.78, 5) is 25.6. The normalized spacial score (nSPS) is 19.3. The van der Waals surface area contributed by atoms with Gasteiger partial charge in [-0.15, -0.1) is 10.2 Å². The van der Waals surface area contributed by atoms with Gasteiger partial charge in [0, 0.05) is 0 Å². The van der Waals surface area contributed by atoms with Crippen molar-refractivity contribution in [2.75, 3.05) is 0 Å². The van der Waals surface area contributed by atoms with E-state index in [0.29, 0.717) is 23.4 Å². The van der Waals surface area contributed by atoms with E-state index in [9.17, 15) is 9.59 Å². The van der Waals surface area contributed by atoms with E-state index in [4.69, 9.17) is 20.8 Å². The summed E-state index contributed by atoms with van der Waals surface area (Å²) in [5, 5.41) is 8.32. The molecule has 2 amide bonds. The topological polar surface area (TPSA) is 85.5 Å². The van der Waals surface area contributed by atoms with Gasteiger partial charge in [0.05, 0.1) is 10.6 Å². The summed E-state index contributed by atoms with van der Waals surface area (Å²) < 4.78 is 10.9. The molecule has 2 aromatic rings. The second-order valence-electron chi connectivity index (χ2n) is 5.94. The number of amides is 2. The molecule has 1 aromatic heterocycles. The van der Waals surface area contributed by atoms with Gasteiger partial charge in [-0.1, -0.05) is 23.7 Å². The Balaban J connectivity index is 1.55. The van der Waals surface area contributed by atoms with Crippen LogP contribution in [0.2, 0.25) is 5.02 Å².